The maximum atomic E-state index is 5.38. The first-order valence-corrected chi connectivity index (χ1v) is 8.79. The Morgan fingerprint density at radius 3 is 2.48 bits per heavy atom. The van der Waals surface area contributed by atoms with Gasteiger partial charge in [0.2, 0.25) is 0 Å². The highest BCUT2D eigenvalue weighted by Gasteiger charge is 2.23. The Morgan fingerprint density at radius 1 is 0.952 bits per heavy atom. The summed E-state index contributed by atoms with van der Waals surface area (Å²) in [5.41, 5.74) is 3.01. The summed E-state index contributed by atoms with van der Waals surface area (Å²) in [6.07, 6.45) is 13.6. The summed E-state index contributed by atoms with van der Waals surface area (Å²) in [7, 11) is 1.76. The lowest BCUT2D eigenvalue weighted by atomic mass is 9.86. The van der Waals surface area contributed by atoms with Crippen LogP contribution in [0.5, 0.6) is 5.75 Å². The van der Waals surface area contributed by atoms with Crippen LogP contribution in [0.15, 0.2) is 18.2 Å². The Hall–Kier alpha value is -1.02. The molecule has 1 aromatic carbocycles. The molecule has 1 fully saturated rings. The third kappa shape index (κ3) is 3.79. The summed E-state index contributed by atoms with van der Waals surface area (Å²) in [6.45, 7) is 0. The van der Waals surface area contributed by atoms with Crippen molar-refractivity contribution in [2.45, 2.75) is 76.3 Å². The molecule has 2 aliphatic carbocycles. The number of aryl methyl sites for hydroxylation is 1. The fourth-order valence-corrected chi connectivity index (χ4v) is 4.00. The molecule has 0 aliphatic heterocycles. The number of benzene rings is 1. The van der Waals surface area contributed by atoms with Crippen molar-refractivity contribution in [1.29, 1.82) is 0 Å². The maximum Gasteiger partial charge on any atom is 0.119 e. The zero-order valence-electron chi connectivity index (χ0n) is 13.4. The van der Waals surface area contributed by atoms with Crippen LogP contribution in [0, 0.1) is 0 Å². The van der Waals surface area contributed by atoms with Gasteiger partial charge in [-0.25, -0.2) is 0 Å². The fraction of sp³-hybridized carbons (Fsp3) is 0.684. The molecule has 1 atom stereocenters. The highest BCUT2D eigenvalue weighted by molar-refractivity contribution is 5.39. The van der Waals surface area contributed by atoms with Crippen LogP contribution < -0.4 is 10.1 Å². The zero-order chi connectivity index (χ0) is 14.5. The number of hydrogen-bond donors (Lipinski definition) is 1. The molecule has 0 aromatic heterocycles. The second kappa shape index (κ2) is 7.31. The number of rotatable bonds is 3. The van der Waals surface area contributed by atoms with E-state index >= 15 is 0 Å². The van der Waals surface area contributed by atoms with Crippen LogP contribution in [0.4, 0.5) is 0 Å². The largest absolute Gasteiger partial charge is 0.497 e. The molecule has 2 nitrogen and oxygen atoms in total. The number of methoxy groups -OCH3 is 1. The van der Waals surface area contributed by atoms with Crippen LogP contribution in [0.25, 0.3) is 0 Å². The smallest absolute Gasteiger partial charge is 0.119 e. The molecule has 1 N–H and O–H groups in total. The molecule has 3 rings (SSSR count). The first kappa shape index (κ1) is 14.9. The average Bonchev–Trinajstić information content (AvgIpc) is 2.49. The van der Waals surface area contributed by atoms with Crippen LogP contribution in [0.2, 0.25) is 0 Å². The molecule has 1 unspecified atom stereocenters. The predicted molar refractivity (Wildman–Crippen MR) is 87.9 cm³/mol. The number of hydrogen-bond acceptors (Lipinski definition) is 2. The molecule has 0 heterocycles. The Labute approximate surface area is 129 Å². The molecule has 0 saturated heterocycles. The van der Waals surface area contributed by atoms with Crippen molar-refractivity contribution in [3.8, 4) is 5.75 Å². The molecule has 1 saturated carbocycles. The summed E-state index contributed by atoms with van der Waals surface area (Å²) in [6, 6.07) is 7.93. The SMILES string of the molecule is COc1ccc2c(c1)CCCC2NC1CCCCCCC1. The van der Waals surface area contributed by atoms with Crippen molar-refractivity contribution in [3.63, 3.8) is 0 Å². The van der Waals surface area contributed by atoms with E-state index in [-0.39, 0.29) is 0 Å². The first-order valence-electron chi connectivity index (χ1n) is 8.79. The molecule has 0 radical (unpaired) electrons. The van der Waals surface area contributed by atoms with E-state index < -0.39 is 0 Å². The molecule has 0 bridgehead atoms. The standard InChI is InChI=1S/C19H29NO/c1-21-17-12-13-18-15(14-17)8-7-11-19(18)20-16-9-5-3-2-4-6-10-16/h12-14,16,19-20H,2-11H2,1H3. The Morgan fingerprint density at radius 2 is 1.71 bits per heavy atom. The molecule has 21 heavy (non-hydrogen) atoms. The van der Waals surface area contributed by atoms with E-state index in [0.717, 1.165) is 11.8 Å². The van der Waals surface area contributed by atoms with Gasteiger partial charge in [-0.15, -0.1) is 0 Å². The van der Waals surface area contributed by atoms with Gasteiger partial charge in [-0.2, -0.15) is 0 Å². The molecular weight excluding hydrogens is 258 g/mol. The predicted octanol–water partition coefficient (Wildman–Crippen LogP) is 4.78. The summed E-state index contributed by atoms with van der Waals surface area (Å²) < 4.78 is 5.38. The van der Waals surface area contributed by atoms with E-state index in [1.165, 1.54) is 75.3 Å². The third-order valence-corrected chi connectivity index (χ3v) is 5.21. The van der Waals surface area contributed by atoms with E-state index in [4.69, 9.17) is 4.74 Å². The normalized spacial score (nSPS) is 24.0. The van der Waals surface area contributed by atoms with Gasteiger partial charge in [-0.3, -0.25) is 0 Å². The van der Waals surface area contributed by atoms with Crippen molar-refractivity contribution in [1.82, 2.24) is 5.32 Å². The minimum atomic E-state index is 0.559. The highest BCUT2D eigenvalue weighted by Crippen LogP contribution is 2.33. The molecular formula is C19H29NO. The molecule has 116 valence electrons. The lowest BCUT2D eigenvalue weighted by Gasteiger charge is -2.31. The molecule has 0 spiro atoms. The van der Waals surface area contributed by atoms with E-state index in [1.54, 1.807) is 7.11 Å². The number of nitrogens with one attached hydrogen (secondary N) is 1. The van der Waals surface area contributed by atoms with Gasteiger partial charge in [0.1, 0.15) is 5.75 Å². The highest BCUT2D eigenvalue weighted by atomic mass is 16.5. The van der Waals surface area contributed by atoms with E-state index in [9.17, 15) is 0 Å². The summed E-state index contributed by atoms with van der Waals surface area (Å²) in [4.78, 5) is 0. The van der Waals surface area contributed by atoms with Gasteiger partial charge in [0.25, 0.3) is 0 Å². The van der Waals surface area contributed by atoms with Crippen LogP contribution in [0.1, 0.15) is 75.0 Å². The lowest BCUT2D eigenvalue weighted by molar-refractivity contribution is 0.334. The average molecular weight is 287 g/mol. The van der Waals surface area contributed by atoms with Crippen molar-refractivity contribution in [2.75, 3.05) is 7.11 Å². The second-order valence-corrected chi connectivity index (χ2v) is 6.72. The molecule has 2 aliphatic rings. The van der Waals surface area contributed by atoms with Crippen LogP contribution in [-0.2, 0) is 6.42 Å². The topological polar surface area (TPSA) is 21.3 Å². The van der Waals surface area contributed by atoms with Gasteiger partial charge >= 0.3 is 0 Å². The van der Waals surface area contributed by atoms with Crippen LogP contribution >= 0.6 is 0 Å². The first-order chi connectivity index (χ1) is 10.4. The van der Waals surface area contributed by atoms with Crippen LogP contribution in [-0.4, -0.2) is 13.2 Å². The van der Waals surface area contributed by atoms with Crippen molar-refractivity contribution in [3.05, 3.63) is 29.3 Å². The number of fused-ring (bicyclic) bond motifs is 1. The minimum absolute atomic E-state index is 0.559. The molecule has 1 aromatic rings. The second-order valence-electron chi connectivity index (χ2n) is 6.72. The van der Waals surface area contributed by atoms with Gasteiger partial charge in [0.15, 0.2) is 0 Å². The van der Waals surface area contributed by atoms with Gasteiger partial charge in [0.05, 0.1) is 7.11 Å². The van der Waals surface area contributed by atoms with E-state index in [0.29, 0.717) is 6.04 Å². The van der Waals surface area contributed by atoms with E-state index in [2.05, 4.69) is 23.5 Å². The van der Waals surface area contributed by atoms with Gasteiger partial charge < -0.3 is 10.1 Å². The van der Waals surface area contributed by atoms with Gasteiger partial charge in [0, 0.05) is 12.1 Å². The lowest BCUT2D eigenvalue weighted by Crippen LogP contribution is -2.35. The van der Waals surface area contributed by atoms with Crippen molar-refractivity contribution in [2.24, 2.45) is 0 Å². The monoisotopic (exact) mass is 287 g/mol. The summed E-state index contributed by atoms with van der Waals surface area (Å²) >= 11 is 0. The molecule has 2 heteroatoms. The number of ether oxygens (including phenoxy) is 1. The Bertz CT molecular complexity index is 449. The Kier molecular flexibility index (Phi) is 5.18. The fourth-order valence-electron chi connectivity index (χ4n) is 4.00. The van der Waals surface area contributed by atoms with Crippen LogP contribution in [0.3, 0.4) is 0 Å². The minimum Gasteiger partial charge on any atom is -0.497 e. The van der Waals surface area contributed by atoms with Gasteiger partial charge in [-0.05, 0) is 55.4 Å². The van der Waals surface area contributed by atoms with Gasteiger partial charge in [-0.1, -0.05) is 38.2 Å². The van der Waals surface area contributed by atoms with Crippen molar-refractivity contribution >= 4 is 0 Å². The summed E-state index contributed by atoms with van der Waals surface area (Å²) in [5.74, 6) is 1.00. The van der Waals surface area contributed by atoms with Crippen molar-refractivity contribution < 1.29 is 4.74 Å². The quantitative estimate of drug-likeness (QED) is 0.864. The van der Waals surface area contributed by atoms with E-state index in [1.807, 2.05) is 0 Å². The third-order valence-electron chi connectivity index (χ3n) is 5.21. The zero-order valence-corrected chi connectivity index (χ0v) is 13.4. The molecule has 0 amide bonds. The maximum absolute atomic E-state index is 5.38. The Balaban J connectivity index is 1.69. The summed E-state index contributed by atoms with van der Waals surface area (Å²) in [5, 5.41) is 3.98.